The summed E-state index contributed by atoms with van der Waals surface area (Å²) in [5.74, 6) is 0. The minimum absolute atomic E-state index is 0.320. The highest BCUT2D eigenvalue weighted by molar-refractivity contribution is 5.89. The summed E-state index contributed by atoms with van der Waals surface area (Å²) < 4.78 is 38.2. The van der Waals surface area contributed by atoms with E-state index in [1.807, 2.05) is 0 Å². The van der Waals surface area contributed by atoms with Crippen LogP contribution in [0.5, 0.6) is 0 Å². The Hall–Kier alpha value is -3.11. The van der Waals surface area contributed by atoms with E-state index in [9.17, 15) is 22.8 Å². The van der Waals surface area contributed by atoms with Crippen molar-refractivity contribution in [2.75, 3.05) is 0 Å². The Balaban J connectivity index is 1.90. The number of aromatic nitrogens is 5. The van der Waals surface area contributed by atoms with Gasteiger partial charge in [0.1, 0.15) is 6.04 Å². The van der Waals surface area contributed by atoms with Crippen LogP contribution in [0.25, 0.3) is 22.3 Å². The van der Waals surface area contributed by atoms with Gasteiger partial charge < -0.3 is 10.3 Å². The summed E-state index contributed by atoms with van der Waals surface area (Å²) in [6, 6.07) is -1.44. The number of amides is 1. The maximum absolute atomic E-state index is 12.5. The second-order valence-corrected chi connectivity index (χ2v) is 5.05. The Labute approximate surface area is 131 Å². The lowest BCUT2D eigenvalue weighted by Crippen LogP contribution is -2.44. The first-order valence-corrected chi connectivity index (χ1v) is 6.75. The van der Waals surface area contributed by atoms with Crippen LogP contribution in [0.15, 0.2) is 29.5 Å². The zero-order chi connectivity index (χ0) is 17.5. The molecule has 0 radical (unpaired) electrons. The zero-order valence-electron chi connectivity index (χ0n) is 12.2. The van der Waals surface area contributed by atoms with E-state index in [2.05, 4.69) is 20.1 Å². The highest BCUT2D eigenvalue weighted by Gasteiger charge is 2.37. The largest absolute Gasteiger partial charge is 0.408 e. The molecule has 0 aromatic carbocycles. The van der Waals surface area contributed by atoms with Gasteiger partial charge in [-0.1, -0.05) is 0 Å². The molecule has 3 aromatic rings. The molecule has 1 unspecified atom stereocenters. The van der Waals surface area contributed by atoms with Gasteiger partial charge in [0.05, 0.1) is 11.7 Å². The third-order valence-electron chi connectivity index (χ3n) is 3.35. The van der Waals surface area contributed by atoms with Crippen LogP contribution in [-0.2, 0) is 0 Å². The number of halogens is 3. The molecule has 11 heteroatoms. The molecule has 0 saturated heterocycles. The average molecular weight is 340 g/mol. The summed E-state index contributed by atoms with van der Waals surface area (Å²) in [4.78, 5) is 32.2. The zero-order valence-corrected chi connectivity index (χ0v) is 12.2. The van der Waals surface area contributed by atoms with Crippen molar-refractivity contribution in [2.45, 2.75) is 19.1 Å². The number of nitrogens with zero attached hydrogens (tertiary/aromatic N) is 3. The summed E-state index contributed by atoms with van der Waals surface area (Å²) in [5, 5.41) is 5.56. The molecule has 3 aromatic heterocycles. The number of aromatic amines is 2. The van der Waals surface area contributed by atoms with Crippen LogP contribution in [0, 0.1) is 0 Å². The standard InChI is InChI=1S/C13H11F3N6O2/c1-6(13(14,15)16)19-12(24)22-5-7(4-18-22)8-2-3-17-10-9(8)20-11(23)21-10/h2-6H,1H3,(H,19,24)(H2,17,20,21,23). The SMILES string of the molecule is CC(NC(=O)n1cc(-c2ccnc3[nH]c(=O)[nH]c23)cn1)C(F)(F)F. The fourth-order valence-corrected chi connectivity index (χ4v) is 2.08. The van der Waals surface area contributed by atoms with E-state index in [-0.39, 0.29) is 0 Å². The first kappa shape index (κ1) is 15.8. The number of hydrogen-bond acceptors (Lipinski definition) is 4. The molecule has 3 rings (SSSR count). The van der Waals surface area contributed by atoms with E-state index in [1.165, 1.54) is 18.6 Å². The number of fused-ring (bicyclic) bond motifs is 1. The molecule has 1 amide bonds. The number of alkyl halides is 3. The van der Waals surface area contributed by atoms with E-state index in [0.717, 1.165) is 11.6 Å². The smallest absolute Gasteiger partial charge is 0.325 e. The quantitative estimate of drug-likeness (QED) is 0.659. The van der Waals surface area contributed by atoms with Crippen LogP contribution in [0.4, 0.5) is 18.0 Å². The second-order valence-electron chi connectivity index (χ2n) is 5.05. The van der Waals surface area contributed by atoms with Crippen molar-refractivity contribution in [3.63, 3.8) is 0 Å². The molecule has 24 heavy (non-hydrogen) atoms. The molecule has 0 saturated carbocycles. The Morgan fingerprint density at radius 1 is 1.38 bits per heavy atom. The van der Waals surface area contributed by atoms with Crippen molar-refractivity contribution in [3.8, 4) is 11.1 Å². The predicted octanol–water partition coefficient (Wildman–Crippen LogP) is 1.62. The maximum atomic E-state index is 12.5. The van der Waals surface area contributed by atoms with Crippen molar-refractivity contribution in [1.29, 1.82) is 0 Å². The Morgan fingerprint density at radius 2 is 2.12 bits per heavy atom. The Morgan fingerprint density at radius 3 is 2.83 bits per heavy atom. The van der Waals surface area contributed by atoms with Gasteiger partial charge in [0.15, 0.2) is 5.65 Å². The van der Waals surface area contributed by atoms with Gasteiger partial charge in [-0.15, -0.1) is 0 Å². The molecular formula is C13H11F3N6O2. The first-order chi connectivity index (χ1) is 11.3. The Bertz CT molecular complexity index is 954. The summed E-state index contributed by atoms with van der Waals surface area (Å²) in [6.45, 7) is 0.833. The number of pyridine rings is 1. The lowest BCUT2D eigenvalue weighted by molar-refractivity contribution is -0.148. The van der Waals surface area contributed by atoms with Gasteiger partial charge in [-0.05, 0) is 13.0 Å². The van der Waals surface area contributed by atoms with E-state index < -0.39 is 23.9 Å². The van der Waals surface area contributed by atoms with Crippen LogP contribution in [-0.4, -0.2) is 43.0 Å². The fourth-order valence-electron chi connectivity index (χ4n) is 2.08. The highest BCUT2D eigenvalue weighted by atomic mass is 19.4. The minimum atomic E-state index is -4.55. The fraction of sp³-hybridized carbons (Fsp3) is 0.231. The molecule has 0 aliphatic heterocycles. The minimum Gasteiger partial charge on any atom is -0.325 e. The molecule has 0 fully saturated rings. The molecule has 3 heterocycles. The van der Waals surface area contributed by atoms with Gasteiger partial charge in [-0.3, -0.25) is 4.98 Å². The number of rotatable bonds is 2. The van der Waals surface area contributed by atoms with Gasteiger partial charge in [-0.25, -0.2) is 14.6 Å². The monoisotopic (exact) mass is 340 g/mol. The number of nitrogens with one attached hydrogen (secondary N) is 3. The third kappa shape index (κ3) is 2.87. The third-order valence-corrected chi connectivity index (χ3v) is 3.35. The van der Waals surface area contributed by atoms with Crippen molar-refractivity contribution in [2.24, 2.45) is 0 Å². The number of carbonyl (C=O) groups excluding carboxylic acids is 1. The molecule has 0 spiro atoms. The summed E-state index contributed by atoms with van der Waals surface area (Å²) in [7, 11) is 0. The van der Waals surface area contributed by atoms with Crippen LogP contribution in [0.2, 0.25) is 0 Å². The van der Waals surface area contributed by atoms with Crippen molar-refractivity contribution in [1.82, 2.24) is 30.0 Å². The number of H-pyrrole nitrogens is 2. The number of hydrogen-bond donors (Lipinski definition) is 3. The van der Waals surface area contributed by atoms with Crippen molar-refractivity contribution >= 4 is 17.2 Å². The van der Waals surface area contributed by atoms with Crippen LogP contribution in [0.3, 0.4) is 0 Å². The molecule has 3 N–H and O–H groups in total. The predicted molar refractivity (Wildman–Crippen MR) is 77.4 cm³/mol. The van der Waals surface area contributed by atoms with E-state index in [1.54, 1.807) is 11.4 Å². The molecule has 0 aliphatic carbocycles. The van der Waals surface area contributed by atoms with Crippen LogP contribution in [0.1, 0.15) is 6.92 Å². The normalized spacial score (nSPS) is 13.2. The highest BCUT2D eigenvalue weighted by Crippen LogP contribution is 2.24. The average Bonchev–Trinajstić information content (AvgIpc) is 3.10. The van der Waals surface area contributed by atoms with Gasteiger partial charge in [0.2, 0.25) is 0 Å². The first-order valence-electron chi connectivity index (χ1n) is 6.75. The second kappa shape index (κ2) is 5.51. The molecule has 0 aliphatic rings. The summed E-state index contributed by atoms with van der Waals surface area (Å²) in [5.41, 5.74) is 1.24. The summed E-state index contributed by atoms with van der Waals surface area (Å²) in [6.07, 6.45) is -0.533. The van der Waals surface area contributed by atoms with Gasteiger partial charge >= 0.3 is 17.9 Å². The molecule has 1 atom stereocenters. The lowest BCUT2D eigenvalue weighted by atomic mass is 10.1. The van der Waals surface area contributed by atoms with E-state index >= 15 is 0 Å². The van der Waals surface area contributed by atoms with Gasteiger partial charge in [0, 0.05) is 23.5 Å². The maximum Gasteiger partial charge on any atom is 0.408 e. The molecule has 0 bridgehead atoms. The van der Waals surface area contributed by atoms with Crippen LogP contribution >= 0.6 is 0 Å². The van der Waals surface area contributed by atoms with Gasteiger partial charge in [-0.2, -0.15) is 23.0 Å². The number of carbonyl (C=O) groups is 1. The van der Waals surface area contributed by atoms with E-state index in [4.69, 9.17) is 0 Å². The van der Waals surface area contributed by atoms with Crippen LogP contribution < -0.4 is 11.0 Å². The Kier molecular flexibility index (Phi) is 3.62. The van der Waals surface area contributed by atoms with Gasteiger partial charge in [0.25, 0.3) is 0 Å². The molecule has 8 nitrogen and oxygen atoms in total. The lowest BCUT2D eigenvalue weighted by Gasteiger charge is -2.16. The van der Waals surface area contributed by atoms with Crippen molar-refractivity contribution in [3.05, 3.63) is 35.1 Å². The van der Waals surface area contributed by atoms with Crippen molar-refractivity contribution < 1.29 is 18.0 Å². The summed E-state index contributed by atoms with van der Waals surface area (Å²) >= 11 is 0. The molecular weight excluding hydrogens is 329 g/mol. The topological polar surface area (TPSA) is 108 Å². The van der Waals surface area contributed by atoms with E-state index in [0.29, 0.717) is 22.3 Å². The number of imidazole rings is 1. The molecule has 126 valence electrons.